The first-order valence-electron chi connectivity index (χ1n) is 9.87. The number of para-hydroxylation sites is 1. The molecule has 0 radical (unpaired) electrons. The smallest absolute Gasteiger partial charge is 0.258 e. The van der Waals surface area contributed by atoms with Crippen LogP contribution in [0.1, 0.15) is 31.9 Å². The van der Waals surface area contributed by atoms with Crippen molar-refractivity contribution in [2.45, 2.75) is 39.3 Å². The Morgan fingerprint density at radius 1 is 1.03 bits per heavy atom. The van der Waals surface area contributed by atoms with E-state index in [9.17, 15) is 4.79 Å². The summed E-state index contributed by atoms with van der Waals surface area (Å²) in [4.78, 5) is 12.2. The minimum atomic E-state index is -0.315. The third-order valence-corrected chi connectivity index (χ3v) is 5.06. The second-order valence-corrected chi connectivity index (χ2v) is 8.74. The fourth-order valence-electron chi connectivity index (χ4n) is 3.00. The van der Waals surface area contributed by atoms with Crippen molar-refractivity contribution < 1.29 is 19.0 Å². The second kappa shape index (κ2) is 11.2. The molecule has 0 fully saturated rings. The van der Waals surface area contributed by atoms with Crippen molar-refractivity contribution in [2.24, 2.45) is 0 Å². The van der Waals surface area contributed by atoms with Crippen molar-refractivity contribution in [3.05, 3.63) is 52.0 Å². The first kappa shape index (κ1) is 24.0. The molecule has 0 aliphatic rings. The maximum atomic E-state index is 12.2. The highest BCUT2D eigenvalue weighted by Crippen LogP contribution is 2.36. The van der Waals surface area contributed by atoms with Gasteiger partial charge >= 0.3 is 0 Å². The molecule has 0 unspecified atom stereocenters. The molecule has 0 aromatic heterocycles. The molecule has 0 bridgehead atoms. The van der Waals surface area contributed by atoms with E-state index in [1.807, 2.05) is 51.1 Å². The van der Waals surface area contributed by atoms with Crippen LogP contribution in [0, 0.1) is 0 Å². The van der Waals surface area contributed by atoms with E-state index in [1.165, 1.54) is 0 Å². The lowest BCUT2D eigenvalue weighted by Crippen LogP contribution is -2.43. The topological polar surface area (TPSA) is 68.8 Å². The lowest BCUT2D eigenvalue weighted by Gasteiger charge is -2.21. The average Bonchev–Trinajstić information content (AvgIpc) is 2.69. The highest BCUT2D eigenvalue weighted by molar-refractivity contribution is 9.10. The zero-order chi connectivity index (χ0) is 22.1. The van der Waals surface area contributed by atoms with Gasteiger partial charge < -0.3 is 24.8 Å². The van der Waals surface area contributed by atoms with E-state index >= 15 is 0 Å². The van der Waals surface area contributed by atoms with Crippen LogP contribution in [-0.4, -0.2) is 38.8 Å². The van der Waals surface area contributed by atoms with Crippen LogP contribution in [-0.2, 0) is 17.8 Å². The van der Waals surface area contributed by atoms with E-state index < -0.39 is 0 Å². The quantitative estimate of drug-likeness (QED) is 0.503. The van der Waals surface area contributed by atoms with Crippen LogP contribution >= 0.6 is 15.9 Å². The Bertz CT molecular complexity index is 850. The number of methoxy groups -OCH3 is 2. The Morgan fingerprint density at radius 2 is 1.73 bits per heavy atom. The molecule has 7 heteroatoms. The van der Waals surface area contributed by atoms with Gasteiger partial charge in [0.1, 0.15) is 5.75 Å². The molecule has 30 heavy (non-hydrogen) atoms. The average molecular weight is 479 g/mol. The molecular formula is C23H31BrN2O4. The number of benzene rings is 2. The van der Waals surface area contributed by atoms with E-state index in [0.717, 1.165) is 34.3 Å². The van der Waals surface area contributed by atoms with Crippen molar-refractivity contribution in [3.8, 4) is 17.2 Å². The Kier molecular flexibility index (Phi) is 8.99. The molecule has 0 saturated heterocycles. The summed E-state index contributed by atoms with van der Waals surface area (Å²) in [6.45, 7) is 7.03. The van der Waals surface area contributed by atoms with Gasteiger partial charge in [0, 0.05) is 22.1 Å². The zero-order valence-corrected chi connectivity index (χ0v) is 19.9. The summed E-state index contributed by atoms with van der Waals surface area (Å²) in [5, 5.41) is 6.34. The second-order valence-electron chi connectivity index (χ2n) is 7.88. The lowest BCUT2D eigenvalue weighted by atomic mass is 10.1. The third-order valence-electron chi connectivity index (χ3n) is 4.31. The minimum absolute atomic E-state index is 0.0850. The molecule has 2 rings (SSSR count). The number of rotatable bonds is 10. The maximum Gasteiger partial charge on any atom is 0.258 e. The molecule has 2 aromatic rings. The molecule has 0 aliphatic heterocycles. The van der Waals surface area contributed by atoms with E-state index in [1.54, 1.807) is 14.2 Å². The van der Waals surface area contributed by atoms with Gasteiger partial charge in [0.15, 0.2) is 18.1 Å². The number of nitrogens with one attached hydrogen (secondary N) is 2. The Balaban J connectivity index is 2.04. The van der Waals surface area contributed by atoms with Crippen molar-refractivity contribution in [2.75, 3.05) is 27.4 Å². The Morgan fingerprint density at radius 3 is 2.40 bits per heavy atom. The van der Waals surface area contributed by atoms with Gasteiger partial charge in [-0.1, -0.05) is 34.1 Å². The van der Waals surface area contributed by atoms with Crippen LogP contribution in [0.25, 0.3) is 0 Å². The number of halogens is 1. The summed E-state index contributed by atoms with van der Waals surface area (Å²) in [6, 6.07) is 11.7. The van der Waals surface area contributed by atoms with Crippen molar-refractivity contribution in [1.29, 1.82) is 0 Å². The highest BCUT2D eigenvalue weighted by Gasteiger charge is 2.18. The maximum absolute atomic E-state index is 12.2. The normalized spacial score (nSPS) is 11.1. The summed E-state index contributed by atoms with van der Waals surface area (Å²) in [7, 11) is 3.27. The van der Waals surface area contributed by atoms with E-state index in [4.69, 9.17) is 14.2 Å². The van der Waals surface area contributed by atoms with Gasteiger partial charge in [-0.3, -0.25) is 4.79 Å². The molecule has 0 atom stereocenters. The first-order chi connectivity index (χ1) is 14.2. The number of hydrogen-bond acceptors (Lipinski definition) is 5. The zero-order valence-electron chi connectivity index (χ0n) is 18.3. The van der Waals surface area contributed by atoms with Crippen LogP contribution < -0.4 is 24.8 Å². The molecule has 0 heterocycles. The number of hydrogen-bond donors (Lipinski definition) is 2. The fraction of sp³-hybridized carbons (Fsp3) is 0.435. The molecule has 1 amide bonds. The minimum Gasteiger partial charge on any atom is -0.496 e. The number of ether oxygens (including phenoxy) is 3. The lowest BCUT2D eigenvalue weighted by molar-refractivity contribution is -0.124. The van der Waals surface area contributed by atoms with Crippen molar-refractivity contribution >= 4 is 21.8 Å². The van der Waals surface area contributed by atoms with Crippen LogP contribution in [0.2, 0.25) is 0 Å². The van der Waals surface area contributed by atoms with Crippen LogP contribution in [0.4, 0.5) is 0 Å². The van der Waals surface area contributed by atoms with E-state index in [-0.39, 0.29) is 18.1 Å². The summed E-state index contributed by atoms with van der Waals surface area (Å²) in [5.41, 5.74) is 1.73. The Labute approximate surface area is 187 Å². The van der Waals surface area contributed by atoms with E-state index in [2.05, 4.69) is 32.6 Å². The van der Waals surface area contributed by atoms with Crippen LogP contribution in [0.3, 0.4) is 0 Å². The summed E-state index contributed by atoms with van der Waals surface area (Å²) >= 11 is 3.59. The fourth-order valence-corrected chi connectivity index (χ4v) is 3.46. The Hall–Kier alpha value is -2.25. The predicted octanol–water partition coefficient (Wildman–Crippen LogP) is 4.09. The largest absolute Gasteiger partial charge is 0.496 e. The molecule has 0 aliphatic carbocycles. The van der Waals surface area contributed by atoms with Gasteiger partial charge in [-0.25, -0.2) is 0 Å². The summed E-state index contributed by atoms with van der Waals surface area (Å²) < 4.78 is 17.6. The van der Waals surface area contributed by atoms with Gasteiger partial charge in [0.25, 0.3) is 5.91 Å². The summed E-state index contributed by atoms with van der Waals surface area (Å²) in [6.07, 6.45) is 0.829. The van der Waals surface area contributed by atoms with Gasteiger partial charge in [0.2, 0.25) is 0 Å². The molecule has 2 N–H and O–H groups in total. The summed E-state index contributed by atoms with van der Waals surface area (Å²) in [5.74, 6) is 1.85. The van der Waals surface area contributed by atoms with Gasteiger partial charge in [-0.05, 0) is 57.5 Å². The molecule has 0 spiro atoms. The highest BCUT2D eigenvalue weighted by atomic mass is 79.9. The van der Waals surface area contributed by atoms with Crippen molar-refractivity contribution in [3.63, 3.8) is 0 Å². The number of carbonyl (C=O) groups excluding carboxylic acids is 1. The predicted molar refractivity (Wildman–Crippen MR) is 122 cm³/mol. The SMILES string of the molecule is COc1ccccc1CCNCc1c(Br)ccc(OC)c1OCC(=O)NC(C)(C)C. The van der Waals surface area contributed by atoms with Gasteiger partial charge in [-0.2, -0.15) is 0 Å². The number of carbonyl (C=O) groups is 1. The van der Waals surface area contributed by atoms with E-state index in [0.29, 0.717) is 18.0 Å². The molecule has 6 nitrogen and oxygen atoms in total. The van der Waals surface area contributed by atoms with Gasteiger partial charge in [0.05, 0.1) is 14.2 Å². The monoisotopic (exact) mass is 478 g/mol. The molecular weight excluding hydrogens is 448 g/mol. The van der Waals surface area contributed by atoms with Crippen molar-refractivity contribution in [1.82, 2.24) is 10.6 Å². The third kappa shape index (κ3) is 7.22. The standard InChI is InChI=1S/C23H31BrN2O4/c1-23(2,3)26-21(27)15-30-22-17(18(24)10-11-20(22)29-5)14-25-13-12-16-8-6-7-9-19(16)28-4/h6-11,25H,12-15H2,1-5H3,(H,26,27). The number of amides is 1. The molecule has 0 saturated carbocycles. The molecule has 164 valence electrons. The van der Waals surface area contributed by atoms with Crippen LogP contribution in [0.5, 0.6) is 17.2 Å². The van der Waals surface area contributed by atoms with Gasteiger partial charge in [-0.15, -0.1) is 0 Å². The van der Waals surface area contributed by atoms with Crippen LogP contribution in [0.15, 0.2) is 40.9 Å². The molecule has 2 aromatic carbocycles. The first-order valence-corrected chi connectivity index (χ1v) is 10.7.